The predicted octanol–water partition coefficient (Wildman–Crippen LogP) is 3.45. The highest BCUT2D eigenvalue weighted by Gasteiger charge is 2.17. The van der Waals surface area contributed by atoms with E-state index in [1.54, 1.807) is 57.4 Å². The van der Waals surface area contributed by atoms with Crippen molar-refractivity contribution in [1.82, 2.24) is 9.55 Å². The van der Waals surface area contributed by atoms with Crippen molar-refractivity contribution in [3.8, 4) is 17.2 Å². The smallest absolute Gasteiger partial charge is 0.316 e. The van der Waals surface area contributed by atoms with Gasteiger partial charge in [0.25, 0.3) is 5.56 Å². The number of fused-ring (bicyclic) bond motifs is 1. The molecular weight excluding hydrogens is 392 g/mol. The zero-order chi connectivity index (χ0) is 21.0. The van der Waals surface area contributed by atoms with Crippen LogP contribution in [0.1, 0.15) is 13.8 Å². The normalized spacial score (nSPS) is 10.9. The van der Waals surface area contributed by atoms with Gasteiger partial charge in [0.2, 0.25) is 0 Å². The summed E-state index contributed by atoms with van der Waals surface area (Å²) >= 11 is 1.15. The molecule has 0 fully saturated rings. The Labute approximate surface area is 172 Å². The Bertz CT molecular complexity index is 1090. The number of carbonyl (C=O) groups excluding carboxylic acids is 1. The Balaban J connectivity index is 2.12. The fourth-order valence-electron chi connectivity index (χ4n) is 2.82. The van der Waals surface area contributed by atoms with E-state index in [4.69, 9.17) is 14.2 Å². The van der Waals surface area contributed by atoms with Crippen molar-refractivity contribution in [2.75, 3.05) is 20.0 Å². The minimum absolute atomic E-state index is 0.0379. The quantitative estimate of drug-likeness (QED) is 0.333. The standard InChI is InChI=1S/C21H22N2O5S/c1-13(2)28-19(24)12-29-21-22-16-8-6-5-7-15(16)20(25)23(21)14-9-10-17(26-3)18(11-14)27-4/h5-11,13H,12H2,1-4H3. The molecule has 0 saturated carbocycles. The summed E-state index contributed by atoms with van der Waals surface area (Å²) in [5.41, 5.74) is 0.891. The van der Waals surface area contributed by atoms with Gasteiger partial charge in [-0.15, -0.1) is 0 Å². The number of hydrogen-bond donors (Lipinski definition) is 0. The van der Waals surface area contributed by atoms with Crippen LogP contribution >= 0.6 is 11.8 Å². The lowest BCUT2D eigenvalue weighted by molar-refractivity contribution is -0.144. The topological polar surface area (TPSA) is 79.7 Å². The Morgan fingerprint density at radius 3 is 2.52 bits per heavy atom. The summed E-state index contributed by atoms with van der Waals surface area (Å²) in [6.07, 6.45) is -0.208. The number of carbonyl (C=O) groups is 1. The Morgan fingerprint density at radius 1 is 1.10 bits per heavy atom. The van der Waals surface area contributed by atoms with Gasteiger partial charge in [-0.2, -0.15) is 0 Å². The zero-order valence-corrected chi connectivity index (χ0v) is 17.5. The van der Waals surface area contributed by atoms with Crippen LogP contribution in [0.4, 0.5) is 0 Å². The van der Waals surface area contributed by atoms with Crippen molar-refractivity contribution >= 4 is 28.6 Å². The number of thioether (sulfide) groups is 1. The highest BCUT2D eigenvalue weighted by molar-refractivity contribution is 7.99. The molecule has 0 radical (unpaired) electrons. The Hall–Kier alpha value is -3.00. The molecule has 0 aliphatic rings. The van der Waals surface area contributed by atoms with Crippen molar-refractivity contribution in [2.45, 2.75) is 25.1 Å². The molecule has 8 heteroatoms. The minimum Gasteiger partial charge on any atom is -0.493 e. The molecule has 152 valence electrons. The van der Waals surface area contributed by atoms with Crippen LogP contribution < -0.4 is 15.0 Å². The van der Waals surface area contributed by atoms with Crippen molar-refractivity contribution in [2.24, 2.45) is 0 Å². The molecule has 0 unspecified atom stereocenters. The highest BCUT2D eigenvalue weighted by Crippen LogP contribution is 2.30. The van der Waals surface area contributed by atoms with Crippen LogP contribution in [0.5, 0.6) is 11.5 Å². The van der Waals surface area contributed by atoms with E-state index in [0.29, 0.717) is 33.2 Å². The number of benzene rings is 2. The van der Waals surface area contributed by atoms with Gasteiger partial charge in [-0.3, -0.25) is 14.2 Å². The van der Waals surface area contributed by atoms with E-state index in [-0.39, 0.29) is 23.4 Å². The van der Waals surface area contributed by atoms with Crippen LogP contribution in [-0.4, -0.2) is 41.6 Å². The van der Waals surface area contributed by atoms with Gasteiger partial charge in [-0.05, 0) is 38.1 Å². The molecular formula is C21H22N2O5S. The van der Waals surface area contributed by atoms with Crippen molar-refractivity contribution in [1.29, 1.82) is 0 Å². The van der Waals surface area contributed by atoms with Crippen LogP contribution in [0.25, 0.3) is 16.6 Å². The van der Waals surface area contributed by atoms with E-state index in [9.17, 15) is 9.59 Å². The fourth-order valence-corrected chi connectivity index (χ4v) is 3.62. The maximum atomic E-state index is 13.2. The third-order valence-electron chi connectivity index (χ3n) is 4.06. The third-order valence-corrected chi connectivity index (χ3v) is 4.97. The molecule has 0 spiro atoms. The van der Waals surface area contributed by atoms with E-state index in [2.05, 4.69) is 4.98 Å². The van der Waals surface area contributed by atoms with Crippen molar-refractivity contribution in [3.63, 3.8) is 0 Å². The molecule has 0 saturated heterocycles. The summed E-state index contributed by atoms with van der Waals surface area (Å²) in [6, 6.07) is 12.3. The minimum atomic E-state index is -0.369. The van der Waals surface area contributed by atoms with Crippen LogP contribution in [0.2, 0.25) is 0 Å². The predicted molar refractivity (Wildman–Crippen MR) is 112 cm³/mol. The molecule has 0 aliphatic heterocycles. The van der Waals surface area contributed by atoms with Crippen LogP contribution in [0.15, 0.2) is 52.4 Å². The van der Waals surface area contributed by atoms with Crippen molar-refractivity contribution in [3.05, 3.63) is 52.8 Å². The summed E-state index contributed by atoms with van der Waals surface area (Å²) in [5, 5.41) is 0.873. The van der Waals surface area contributed by atoms with Crippen molar-refractivity contribution < 1.29 is 19.0 Å². The fraction of sp³-hybridized carbons (Fsp3) is 0.286. The first kappa shape index (κ1) is 20.7. The lowest BCUT2D eigenvalue weighted by atomic mass is 10.2. The first-order valence-corrected chi connectivity index (χ1v) is 9.99. The number of esters is 1. The number of methoxy groups -OCH3 is 2. The summed E-state index contributed by atoms with van der Waals surface area (Å²) in [4.78, 5) is 29.9. The third kappa shape index (κ3) is 4.54. The van der Waals surface area contributed by atoms with Gasteiger partial charge in [-0.25, -0.2) is 4.98 Å². The lowest BCUT2D eigenvalue weighted by Crippen LogP contribution is -2.22. The van der Waals surface area contributed by atoms with Crippen LogP contribution in [-0.2, 0) is 9.53 Å². The molecule has 0 aliphatic carbocycles. The largest absolute Gasteiger partial charge is 0.493 e. The van der Waals surface area contributed by atoms with E-state index in [1.165, 1.54) is 11.7 Å². The maximum absolute atomic E-state index is 13.2. The van der Waals surface area contributed by atoms with E-state index in [0.717, 1.165) is 11.8 Å². The maximum Gasteiger partial charge on any atom is 0.316 e. The molecule has 3 rings (SSSR count). The van der Waals surface area contributed by atoms with Crippen LogP contribution in [0, 0.1) is 0 Å². The van der Waals surface area contributed by atoms with Gasteiger partial charge in [0.15, 0.2) is 16.7 Å². The summed E-state index contributed by atoms with van der Waals surface area (Å²) in [6.45, 7) is 3.58. The summed E-state index contributed by atoms with van der Waals surface area (Å²) in [5.74, 6) is 0.704. The summed E-state index contributed by atoms with van der Waals surface area (Å²) in [7, 11) is 3.07. The first-order chi connectivity index (χ1) is 13.9. The second kappa shape index (κ2) is 9.00. The van der Waals surface area contributed by atoms with Gasteiger partial charge < -0.3 is 14.2 Å². The van der Waals surface area contributed by atoms with Gasteiger partial charge in [0.05, 0.1) is 42.7 Å². The van der Waals surface area contributed by atoms with E-state index < -0.39 is 0 Å². The molecule has 29 heavy (non-hydrogen) atoms. The molecule has 1 heterocycles. The SMILES string of the molecule is COc1ccc(-n2c(SCC(=O)OC(C)C)nc3ccccc3c2=O)cc1OC. The van der Waals surface area contributed by atoms with Gasteiger partial charge in [0, 0.05) is 6.07 Å². The average Bonchev–Trinajstić information content (AvgIpc) is 2.71. The lowest BCUT2D eigenvalue weighted by Gasteiger charge is -2.15. The summed E-state index contributed by atoms with van der Waals surface area (Å²) < 4.78 is 17.3. The second-order valence-corrected chi connectivity index (χ2v) is 7.36. The molecule has 3 aromatic rings. The molecule has 0 N–H and O–H groups in total. The second-order valence-electron chi connectivity index (χ2n) is 6.42. The van der Waals surface area contributed by atoms with E-state index in [1.807, 2.05) is 6.07 Å². The molecule has 0 amide bonds. The van der Waals surface area contributed by atoms with Gasteiger partial charge in [0.1, 0.15) is 0 Å². The van der Waals surface area contributed by atoms with E-state index >= 15 is 0 Å². The van der Waals surface area contributed by atoms with Gasteiger partial charge >= 0.3 is 5.97 Å². The number of nitrogens with zero attached hydrogens (tertiary/aromatic N) is 2. The highest BCUT2D eigenvalue weighted by atomic mass is 32.2. The molecule has 0 atom stereocenters. The first-order valence-electron chi connectivity index (χ1n) is 9.01. The number of aromatic nitrogens is 2. The monoisotopic (exact) mass is 414 g/mol. The number of para-hydroxylation sites is 1. The number of hydrogen-bond acceptors (Lipinski definition) is 7. The average molecular weight is 414 g/mol. The molecule has 0 bridgehead atoms. The zero-order valence-electron chi connectivity index (χ0n) is 16.7. The van der Waals surface area contributed by atoms with Gasteiger partial charge in [-0.1, -0.05) is 23.9 Å². The molecule has 2 aromatic carbocycles. The van der Waals surface area contributed by atoms with Crippen LogP contribution in [0.3, 0.4) is 0 Å². The number of ether oxygens (including phenoxy) is 3. The molecule has 1 aromatic heterocycles. The molecule has 7 nitrogen and oxygen atoms in total. The Morgan fingerprint density at radius 2 is 1.83 bits per heavy atom. The Kier molecular flexibility index (Phi) is 6.43. The number of rotatable bonds is 7.